The molecule has 0 spiro atoms. The van der Waals surface area contributed by atoms with E-state index in [0.29, 0.717) is 0 Å². The number of carbonyl (C=O) groups is 3. The summed E-state index contributed by atoms with van der Waals surface area (Å²) >= 11 is 0. The molecule has 1 aliphatic heterocycles. The normalized spacial score (nSPS) is 18.3. The van der Waals surface area contributed by atoms with Gasteiger partial charge in [0.1, 0.15) is 12.6 Å². The van der Waals surface area contributed by atoms with E-state index >= 15 is 0 Å². The summed E-state index contributed by atoms with van der Waals surface area (Å²) < 4.78 is 0. The number of nitrogens with zero attached hydrogens (tertiary/aromatic N) is 2. The van der Waals surface area contributed by atoms with Gasteiger partial charge in [0.15, 0.2) is 5.75 Å². The number of phenols is 1. The number of hydrogen-bond donors (Lipinski definition) is 2. The Morgan fingerprint density at radius 3 is 2.71 bits per heavy atom. The van der Waals surface area contributed by atoms with E-state index in [1.807, 2.05) is 0 Å². The third-order valence-corrected chi connectivity index (χ3v) is 3.10. The first-order valence-electron chi connectivity index (χ1n) is 5.93. The van der Waals surface area contributed by atoms with Crippen LogP contribution in [-0.4, -0.2) is 45.2 Å². The lowest BCUT2D eigenvalue weighted by molar-refractivity contribution is -0.385. The van der Waals surface area contributed by atoms with Crippen LogP contribution in [0.4, 0.5) is 5.69 Å². The minimum atomic E-state index is -0.854. The van der Waals surface area contributed by atoms with Crippen LogP contribution < -0.4 is 5.32 Å². The van der Waals surface area contributed by atoms with Gasteiger partial charge in [-0.05, 0) is 19.1 Å². The van der Waals surface area contributed by atoms with E-state index in [0.717, 1.165) is 23.1 Å². The van der Waals surface area contributed by atoms with Crippen molar-refractivity contribution in [1.29, 1.82) is 0 Å². The van der Waals surface area contributed by atoms with Gasteiger partial charge in [-0.2, -0.15) is 0 Å². The minimum Gasteiger partial charge on any atom is -0.502 e. The smallest absolute Gasteiger partial charge is 0.310 e. The molecule has 1 heterocycles. The number of phenolic OH excluding ortho intramolecular Hbond substituents is 1. The van der Waals surface area contributed by atoms with Crippen molar-refractivity contribution in [2.75, 3.05) is 6.54 Å². The zero-order valence-electron chi connectivity index (χ0n) is 10.9. The van der Waals surface area contributed by atoms with Crippen molar-refractivity contribution in [3.8, 4) is 5.75 Å². The largest absolute Gasteiger partial charge is 0.502 e. The summed E-state index contributed by atoms with van der Waals surface area (Å²) in [6, 6.07) is 2.22. The van der Waals surface area contributed by atoms with E-state index in [1.165, 1.54) is 6.92 Å². The third kappa shape index (κ3) is 2.66. The highest BCUT2D eigenvalue weighted by Gasteiger charge is 2.34. The van der Waals surface area contributed by atoms with Gasteiger partial charge in [0, 0.05) is 11.6 Å². The molecule has 0 aliphatic carbocycles. The van der Waals surface area contributed by atoms with Gasteiger partial charge in [-0.3, -0.25) is 29.8 Å². The molecule has 0 aromatic heterocycles. The molecule has 21 heavy (non-hydrogen) atoms. The van der Waals surface area contributed by atoms with Crippen LogP contribution in [0, 0.1) is 10.1 Å². The number of carbonyl (C=O) groups excluding carboxylic acids is 3. The fourth-order valence-corrected chi connectivity index (χ4v) is 1.94. The average Bonchev–Trinajstić information content (AvgIpc) is 2.41. The molecule has 1 saturated heterocycles. The lowest BCUT2D eigenvalue weighted by atomic mass is 10.1. The third-order valence-electron chi connectivity index (χ3n) is 3.10. The van der Waals surface area contributed by atoms with Crippen LogP contribution in [0.15, 0.2) is 18.2 Å². The van der Waals surface area contributed by atoms with Crippen molar-refractivity contribution in [2.45, 2.75) is 13.0 Å². The second-order valence-corrected chi connectivity index (χ2v) is 4.48. The molecule has 1 aromatic rings. The van der Waals surface area contributed by atoms with Crippen molar-refractivity contribution in [2.24, 2.45) is 0 Å². The topological polar surface area (TPSA) is 130 Å². The van der Waals surface area contributed by atoms with E-state index in [1.54, 1.807) is 0 Å². The summed E-state index contributed by atoms with van der Waals surface area (Å²) in [7, 11) is 0. The quantitative estimate of drug-likeness (QED) is 0.440. The van der Waals surface area contributed by atoms with Crippen molar-refractivity contribution < 1.29 is 24.4 Å². The molecule has 9 nitrogen and oxygen atoms in total. The highest BCUT2D eigenvalue weighted by atomic mass is 16.6. The molecular weight excluding hydrogens is 282 g/mol. The molecule has 1 unspecified atom stereocenters. The first-order chi connectivity index (χ1) is 9.81. The Kier molecular flexibility index (Phi) is 3.57. The highest BCUT2D eigenvalue weighted by Crippen LogP contribution is 2.27. The summed E-state index contributed by atoms with van der Waals surface area (Å²) in [5, 5.41) is 22.2. The second kappa shape index (κ2) is 5.19. The van der Waals surface area contributed by atoms with Gasteiger partial charge in [-0.25, -0.2) is 0 Å². The number of benzene rings is 1. The van der Waals surface area contributed by atoms with Gasteiger partial charge in [0.05, 0.1) is 4.92 Å². The fraction of sp³-hybridized carbons (Fsp3) is 0.250. The van der Waals surface area contributed by atoms with Crippen molar-refractivity contribution in [3.63, 3.8) is 0 Å². The van der Waals surface area contributed by atoms with Gasteiger partial charge in [-0.1, -0.05) is 0 Å². The summed E-state index contributed by atoms with van der Waals surface area (Å²) in [5.41, 5.74) is -0.584. The van der Waals surface area contributed by atoms with Crippen molar-refractivity contribution >= 4 is 23.4 Å². The molecule has 1 fully saturated rings. The first-order valence-corrected chi connectivity index (χ1v) is 5.93. The predicted molar refractivity (Wildman–Crippen MR) is 68.4 cm³/mol. The van der Waals surface area contributed by atoms with Crippen LogP contribution in [0.5, 0.6) is 5.75 Å². The monoisotopic (exact) mass is 293 g/mol. The SMILES string of the molecule is CC1C(=O)NC(=O)CN1C(=O)c1ccc([N+](=O)[O-])c(O)c1. The molecule has 1 aromatic carbocycles. The van der Waals surface area contributed by atoms with Crippen LogP contribution in [0.1, 0.15) is 17.3 Å². The lowest BCUT2D eigenvalue weighted by Crippen LogP contribution is -2.58. The number of aromatic hydroxyl groups is 1. The Labute approximate surface area is 118 Å². The standard InChI is InChI=1S/C12H11N3O6/c1-6-11(18)13-10(17)5-14(6)12(19)7-2-3-8(15(20)21)9(16)4-7/h2-4,6,16H,5H2,1H3,(H,13,17,18). The number of piperazine rings is 1. The van der Waals surface area contributed by atoms with Gasteiger partial charge >= 0.3 is 5.69 Å². The Hall–Kier alpha value is -2.97. The van der Waals surface area contributed by atoms with Crippen molar-refractivity contribution in [3.05, 3.63) is 33.9 Å². The van der Waals surface area contributed by atoms with E-state index < -0.39 is 40.1 Å². The summed E-state index contributed by atoms with van der Waals surface area (Å²) in [6.07, 6.45) is 0. The highest BCUT2D eigenvalue weighted by molar-refractivity contribution is 6.07. The molecule has 1 atom stereocenters. The van der Waals surface area contributed by atoms with E-state index in [2.05, 4.69) is 5.32 Å². The lowest BCUT2D eigenvalue weighted by Gasteiger charge is -2.31. The van der Waals surface area contributed by atoms with Gasteiger partial charge < -0.3 is 10.0 Å². The van der Waals surface area contributed by atoms with Gasteiger partial charge in [-0.15, -0.1) is 0 Å². The maximum absolute atomic E-state index is 12.2. The molecule has 0 saturated carbocycles. The molecule has 3 amide bonds. The molecule has 2 N–H and O–H groups in total. The van der Waals surface area contributed by atoms with Gasteiger partial charge in [0.2, 0.25) is 11.8 Å². The number of rotatable bonds is 2. The molecule has 110 valence electrons. The Morgan fingerprint density at radius 1 is 1.48 bits per heavy atom. The maximum atomic E-state index is 12.2. The van der Waals surface area contributed by atoms with Crippen LogP contribution >= 0.6 is 0 Å². The zero-order valence-corrected chi connectivity index (χ0v) is 10.9. The summed E-state index contributed by atoms with van der Waals surface area (Å²) in [6.45, 7) is 1.15. The van der Waals surface area contributed by atoms with Crippen LogP contribution in [0.25, 0.3) is 0 Å². The number of imide groups is 1. The second-order valence-electron chi connectivity index (χ2n) is 4.48. The first kappa shape index (κ1) is 14.4. The van der Waals surface area contributed by atoms with Crippen LogP contribution in [0.3, 0.4) is 0 Å². The molecule has 2 rings (SSSR count). The van der Waals surface area contributed by atoms with E-state index in [-0.39, 0.29) is 12.1 Å². The van der Waals surface area contributed by atoms with Crippen molar-refractivity contribution in [1.82, 2.24) is 10.2 Å². The molecule has 0 bridgehead atoms. The maximum Gasteiger partial charge on any atom is 0.310 e. The Morgan fingerprint density at radius 2 is 2.14 bits per heavy atom. The summed E-state index contributed by atoms with van der Waals surface area (Å²) in [4.78, 5) is 45.9. The predicted octanol–water partition coefficient (Wildman–Crippen LogP) is -0.213. The Bertz CT molecular complexity index is 656. The minimum absolute atomic E-state index is 0.0487. The average molecular weight is 293 g/mol. The van der Waals surface area contributed by atoms with E-state index in [4.69, 9.17) is 0 Å². The number of nitro benzene ring substituents is 1. The van der Waals surface area contributed by atoms with Crippen LogP contribution in [0.2, 0.25) is 0 Å². The van der Waals surface area contributed by atoms with Crippen LogP contribution in [-0.2, 0) is 9.59 Å². The summed E-state index contributed by atoms with van der Waals surface area (Å²) in [5.74, 6) is -2.55. The zero-order chi connectivity index (χ0) is 15.7. The number of amides is 3. The van der Waals surface area contributed by atoms with E-state index in [9.17, 15) is 29.6 Å². The molecule has 1 aliphatic rings. The molecule has 9 heteroatoms. The Balaban J connectivity index is 2.31. The number of nitro groups is 1. The molecular formula is C12H11N3O6. The number of nitrogens with one attached hydrogen (secondary N) is 1. The van der Waals surface area contributed by atoms with Gasteiger partial charge in [0.25, 0.3) is 5.91 Å². The number of hydrogen-bond acceptors (Lipinski definition) is 6. The fourth-order valence-electron chi connectivity index (χ4n) is 1.94. The molecule has 0 radical (unpaired) electrons.